The van der Waals surface area contributed by atoms with E-state index in [1.54, 1.807) is 21.7 Å². The number of hydrogen-bond acceptors (Lipinski definition) is 0. The first-order valence-corrected chi connectivity index (χ1v) is 12.8. The monoisotopic (exact) mass is 332 g/mol. The molecule has 0 bridgehead atoms. The molecule has 0 fully saturated rings. The van der Waals surface area contributed by atoms with Gasteiger partial charge in [0, 0.05) is 0 Å². The summed E-state index contributed by atoms with van der Waals surface area (Å²) in [7, 11) is 0.849. The Hall–Kier alpha value is -0.700. The fourth-order valence-corrected chi connectivity index (χ4v) is 7.83. The Labute approximate surface area is 139 Å². The van der Waals surface area contributed by atoms with Gasteiger partial charge >= 0.3 is 139 Å². The molecule has 120 valence electrons. The van der Waals surface area contributed by atoms with Crippen LogP contribution >= 0.6 is 16.5 Å². The van der Waals surface area contributed by atoms with E-state index in [0.29, 0.717) is 0 Å². The molecule has 0 heterocycles. The topological polar surface area (TPSA) is 0 Å². The maximum atomic E-state index is 2.39. The van der Waals surface area contributed by atoms with Gasteiger partial charge in [0.25, 0.3) is 0 Å². The van der Waals surface area contributed by atoms with E-state index >= 15 is 0 Å². The zero-order valence-electron chi connectivity index (χ0n) is 14.1. The van der Waals surface area contributed by atoms with Crippen LogP contribution in [0.15, 0.2) is 48.5 Å². The molecule has 0 radical (unpaired) electrons. The molecule has 0 nitrogen and oxygen atoms in total. The van der Waals surface area contributed by atoms with E-state index in [1.807, 2.05) is 0 Å². The molecule has 2 rings (SSSR count). The fraction of sp³-hybridized carbons (Fsp3) is 0.400. The van der Waals surface area contributed by atoms with E-state index in [9.17, 15) is 0 Å². The standard InChI is InChI=1S/C20H30P2/c1-3-5-11-17-13-7-9-15-19(17)21-22-20-16-10-8-14-18(20)12-6-4-2/h7-10,13-16,21H,3-6,11-12H2,1-2,22H3. The van der Waals surface area contributed by atoms with Crippen LogP contribution in [0.2, 0.25) is 0 Å². The molecule has 2 aromatic carbocycles. The molecule has 2 aromatic rings. The van der Waals surface area contributed by atoms with Gasteiger partial charge in [0.1, 0.15) is 0 Å². The van der Waals surface area contributed by atoms with E-state index in [2.05, 4.69) is 62.4 Å². The average molecular weight is 332 g/mol. The average Bonchev–Trinajstić information content (AvgIpc) is 2.57. The van der Waals surface area contributed by atoms with E-state index in [-0.39, 0.29) is 8.27 Å². The summed E-state index contributed by atoms with van der Waals surface area (Å²) >= 11 is 0. The molecule has 1 atom stereocenters. The molecular formula is C20H30P2. The molecule has 2 heteroatoms. The molecule has 0 aromatic heterocycles. The third-order valence-corrected chi connectivity index (χ3v) is 9.14. The Morgan fingerprint density at radius 2 is 1.36 bits per heavy atom. The van der Waals surface area contributed by atoms with Crippen molar-refractivity contribution in [2.45, 2.75) is 52.4 Å². The zero-order chi connectivity index (χ0) is 15.6. The number of hydrogen-bond donors (Lipinski definition) is 0. The molecule has 0 amide bonds. The van der Waals surface area contributed by atoms with Crippen LogP contribution in [0, 0.1) is 0 Å². The summed E-state index contributed by atoms with van der Waals surface area (Å²) in [5.41, 5.74) is 3.22. The summed E-state index contributed by atoms with van der Waals surface area (Å²) in [6.07, 6.45) is 7.73. The second kappa shape index (κ2) is 10.1. The second-order valence-corrected chi connectivity index (χ2v) is 10.1. The summed E-state index contributed by atoms with van der Waals surface area (Å²) < 4.78 is 0. The maximum absolute atomic E-state index is 2.39. The Morgan fingerprint density at radius 3 is 2.09 bits per heavy atom. The predicted molar refractivity (Wildman–Crippen MR) is 109 cm³/mol. The van der Waals surface area contributed by atoms with Gasteiger partial charge < -0.3 is 0 Å². The molecular weight excluding hydrogens is 302 g/mol. The second-order valence-electron chi connectivity index (χ2n) is 5.99. The van der Waals surface area contributed by atoms with E-state index in [1.165, 1.54) is 38.5 Å². The molecule has 0 aliphatic carbocycles. The van der Waals surface area contributed by atoms with Gasteiger partial charge in [0.2, 0.25) is 0 Å². The van der Waals surface area contributed by atoms with Crippen molar-refractivity contribution in [3.63, 3.8) is 0 Å². The molecule has 0 aliphatic heterocycles. The van der Waals surface area contributed by atoms with Gasteiger partial charge in [0.05, 0.1) is 0 Å². The van der Waals surface area contributed by atoms with E-state index in [4.69, 9.17) is 0 Å². The SMILES string of the molecule is CCCCc1ccccc1P[PH3]c1ccccc1CCCC. The molecule has 22 heavy (non-hydrogen) atoms. The van der Waals surface area contributed by atoms with Crippen LogP contribution < -0.4 is 10.6 Å². The van der Waals surface area contributed by atoms with Crippen molar-refractivity contribution in [2.24, 2.45) is 0 Å². The summed E-state index contributed by atoms with van der Waals surface area (Å²) in [5, 5.41) is 3.33. The Morgan fingerprint density at radius 1 is 0.773 bits per heavy atom. The van der Waals surface area contributed by atoms with Gasteiger partial charge in [-0.25, -0.2) is 0 Å². The summed E-state index contributed by atoms with van der Waals surface area (Å²) in [6.45, 7) is 4.56. The minimum absolute atomic E-state index is 0.183. The minimum atomic E-state index is -0.183. The predicted octanol–water partition coefficient (Wildman–Crippen LogP) is 5.06. The van der Waals surface area contributed by atoms with Gasteiger partial charge in [-0.05, 0) is 0 Å². The zero-order valence-corrected chi connectivity index (χ0v) is 16.5. The third kappa shape index (κ3) is 5.49. The van der Waals surface area contributed by atoms with Crippen molar-refractivity contribution < 1.29 is 0 Å². The quantitative estimate of drug-likeness (QED) is 0.563. The van der Waals surface area contributed by atoms with Crippen molar-refractivity contribution in [1.29, 1.82) is 0 Å². The van der Waals surface area contributed by atoms with Crippen LogP contribution in [-0.2, 0) is 12.8 Å². The van der Waals surface area contributed by atoms with Crippen molar-refractivity contribution >= 4 is 27.1 Å². The number of unbranched alkanes of at least 4 members (excludes halogenated alkanes) is 2. The molecule has 0 saturated heterocycles. The first kappa shape index (κ1) is 17.7. The molecule has 0 saturated carbocycles. The normalized spacial score (nSPS) is 11.5. The fourth-order valence-electron chi connectivity index (χ4n) is 2.81. The van der Waals surface area contributed by atoms with Gasteiger partial charge in [-0.3, -0.25) is 0 Å². The Balaban J connectivity index is 2.04. The van der Waals surface area contributed by atoms with Gasteiger partial charge in [-0.2, -0.15) is 0 Å². The van der Waals surface area contributed by atoms with Crippen molar-refractivity contribution in [3.05, 3.63) is 59.7 Å². The number of aryl methyl sites for hydroxylation is 2. The summed E-state index contributed by atoms with van der Waals surface area (Å²) in [6, 6.07) is 18.3. The van der Waals surface area contributed by atoms with Crippen LogP contribution in [0.5, 0.6) is 0 Å². The molecule has 1 unspecified atom stereocenters. The van der Waals surface area contributed by atoms with Crippen molar-refractivity contribution in [3.8, 4) is 0 Å². The van der Waals surface area contributed by atoms with Crippen LogP contribution in [0.25, 0.3) is 0 Å². The summed E-state index contributed by atoms with van der Waals surface area (Å²) in [5.74, 6) is 0. The first-order valence-electron chi connectivity index (χ1n) is 8.73. The van der Waals surface area contributed by atoms with Crippen molar-refractivity contribution in [2.75, 3.05) is 0 Å². The van der Waals surface area contributed by atoms with Crippen LogP contribution in [-0.4, -0.2) is 0 Å². The molecule has 0 spiro atoms. The van der Waals surface area contributed by atoms with Crippen molar-refractivity contribution in [1.82, 2.24) is 0 Å². The Bertz CT molecular complexity index is 512. The number of rotatable bonds is 9. The van der Waals surface area contributed by atoms with E-state index < -0.39 is 0 Å². The van der Waals surface area contributed by atoms with Crippen LogP contribution in [0.3, 0.4) is 0 Å². The van der Waals surface area contributed by atoms with Gasteiger partial charge in [-0.15, -0.1) is 0 Å². The number of benzene rings is 2. The van der Waals surface area contributed by atoms with E-state index in [0.717, 1.165) is 8.27 Å². The molecule has 0 aliphatic rings. The summed E-state index contributed by atoms with van der Waals surface area (Å²) in [4.78, 5) is 0. The molecule has 0 N–H and O–H groups in total. The van der Waals surface area contributed by atoms with Crippen LogP contribution in [0.4, 0.5) is 0 Å². The van der Waals surface area contributed by atoms with Gasteiger partial charge in [-0.1, -0.05) is 0 Å². The third-order valence-electron chi connectivity index (χ3n) is 4.20. The Kier molecular flexibility index (Phi) is 8.14. The first-order chi connectivity index (χ1) is 10.8. The van der Waals surface area contributed by atoms with Crippen LogP contribution in [0.1, 0.15) is 50.7 Å². The van der Waals surface area contributed by atoms with Gasteiger partial charge in [0.15, 0.2) is 0 Å².